The van der Waals surface area contributed by atoms with E-state index in [1.807, 2.05) is 0 Å². The average molecular weight is 242 g/mol. The second-order valence-electron chi connectivity index (χ2n) is 3.90. The van der Waals surface area contributed by atoms with E-state index >= 15 is 0 Å². The molecule has 0 radical (unpaired) electrons. The fourth-order valence-corrected chi connectivity index (χ4v) is 1.60. The molecular weight excluding hydrogens is 230 g/mol. The molecule has 16 heavy (non-hydrogen) atoms. The van der Waals surface area contributed by atoms with Crippen molar-refractivity contribution in [2.45, 2.75) is 19.3 Å². The van der Waals surface area contributed by atoms with Gasteiger partial charge in [-0.2, -0.15) is 0 Å². The standard InChI is InChI=1S/C11H12ClNO3/c12-9-5-8(11(14)15)6-13-10(9)16-4-3-7-1-2-7/h5-7H,1-4H2,(H,14,15). The molecule has 0 atom stereocenters. The van der Waals surface area contributed by atoms with Gasteiger partial charge in [-0.25, -0.2) is 9.78 Å². The quantitative estimate of drug-likeness (QED) is 0.861. The number of pyridine rings is 1. The molecule has 0 aromatic carbocycles. The van der Waals surface area contributed by atoms with Gasteiger partial charge in [0.25, 0.3) is 0 Å². The van der Waals surface area contributed by atoms with Crippen LogP contribution in [0.3, 0.4) is 0 Å². The number of carboxylic acids is 1. The van der Waals surface area contributed by atoms with Crippen LogP contribution in [0.1, 0.15) is 29.6 Å². The van der Waals surface area contributed by atoms with Gasteiger partial charge in [-0.1, -0.05) is 24.4 Å². The van der Waals surface area contributed by atoms with E-state index < -0.39 is 5.97 Å². The summed E-state index contributed by atoms with van der Waals surface area (Å²) in [6.07, 6.45) is 4.82. The monoisotopic (exact) mass is 241 g/mol. The Balaban J connectivity index is 1.95. The Morgan fingerprint density at radius 2 is 2.38 bits per heavy atom. The highest BCUT2D eigenvalue weighted by Crippen LogP contribution is 2.32. The Hall–Kier alpha value is -1.29. The van der Waals surface area contributed by atoms with Crippen LogP contribution in [0.25, 0.3) is 0 Å². The van der Waals surface area contributed by atoms with Crippen LogP contribution < -0.4 is 4.74 Å². The first-order chi connectivity index (χ1) is 7.66. The van der Waals surface area contributed by atoms with Crippen molar-refractivity contribution in [2.75, 3.05) is 6.61 Å². The summed E-state index contributed by atoms with van der Waals surface area (Å²) in [5.41, 5.74) is 0.0690. The zero-order valence-electron chi connectivity index (χ0n) is 8.65. The smallest absolute Gasteiger partial charge is 0.337 e. The minimum Gasteiger partial charge on any atom is -0.478 e. The normalized spacial score (nSPS) is 14.8. The van der Waals surface area contributed by atoms with Crippen LogP contribution >= 0.6 is 11.6 Å². The molecule has 1 aliphatic rings. The molecule has 1 saturated carbocycles. The fraction of sp³-hybridized carbons (Fsp3) is 0.455. The largest absolute Gasteiger partial charge is 0.478 e. The predicted octanol–water partition coefficient (Wildman–Crippen LogP) is 2.61. The molecule has 0 unspecified atom stereocenters. The number of rotatable bonds is 5. The first kappa shape index (κ1) is 11.2. The molecule has 1 N–H and O–H groups in total. The van der Waals surface area contributed by atoms with Crippen molar-refractivity contribution >= 4 is 17.6 Å². The second kappa shape index (κ2) is 4.70. The van der Waals surface area contributed by atoms with E-state index in [0.29, 0.717) is 12.5 Å². The van der Waals surface area contributed by atoms with Gasteiger partial charge in [0, 0.05) is 6.20 Å². The van der Waals surface area contributed by atoms with Crippen molar-refractivity contribution in [3.63, 3.8) is 0 Å². The van der Waals surface area contributed by atoms with Crippen LogP contribution in [-0.2, 0) is 0 Å². The minimum absolute atomic E-state index is 0.0690. The van der Waals surface area contributed by atoms with E-state index in [1.54, 1.807) is 0 Å². The molecule has 4 nitrogen and oxygen atoms in total. The number of hydrogen-bond acceptors (Lipinski definition) is 3. The molecule has 0 spiro atoms. The van der Waals surface area contributed by atoms with Crippen molar-refractivity contribution in [2.24, 2.45) is 5.92 Å². The number of aromatic carboxylic acids is 1. The zero-order chi connectivity index (χ0) is 11.5. The van der Waals surface area contributed by atoms with Crippen LogP contribution in [0, 0.1) is 5.92 Å². The average Bonchev–Trinajstić information content (AvgIpc) is 3.04. The molecule has 1 heterocycles. The number of ether oxygens (including phenoxy) is 1. The third-order valence-corrected chi connectivity index (χ3v) is 2.79. The lowest BCUT2D eigenvalue weighted by atomic mass is 10.3. The summed E-state index contributed by atoms with van der Waals surface area (Å²) in [5.74, 6) is 0.0586. The maximum Gasteiger partial charge on any atom is 0.337 e. The van der Waals surface area contributed by atoms with Crippen LogP contribution in [0.2, 0.25) is 5.02 Å². The summed E-state index contributed by atoms with van der Waals surface area (Å²) in [6, 6.07) is 1.35. The van der Waals surface area contributed by atoms with Gasteiger partial charge in [-0.05, 0) is 18.4 Å². The third kappa shape index (κ3) is 2.85. The van der Waals surface area contributed by atoms with E-state index in [9.17, 15) is 4.79 Å². The maximum absolute atomic E-state index is 10.6. The first-order valence-corrected chi connectivity index (χ1v) is 5.56. The Bertz CT molecular complexity index is 404. The molecule has 1 aromatic heterocycles. The lowest BCUT2D eigenvalue weighted by Crippen LogP contribution is -2.03. The molecule has 0 aliphatic heterocycles. The van der Waals surface area contributed by atoms with Gasteiger partial charge in [-0.3, -0.25) is 0 Å². The molecule has 86 valence electrons. The second-order valence-corrected chi connectivity index (χ2v) is 4.30. The lowest BCUT2D eigenvalue weighted by Gasteiger charge is -2.06. The van der Waals surface area contributed by atoms with Gasteiger partial charge in [0.15, 0.2) is 0 Å². The summed E-state index contributed by atoms with van der Waals surface area (Å²) in [5, 5.41) is 8.96. The fourth-order valence-electron chi connectivity index (χ4n) is 1.38. The Labute approximate surface area is 98.2 Å². The van der Waals surface area contributed by atoms with Gasteiger partial charge >= 0.3 is 5.97 Å². The molecule has 0 saturated heterocycles. The maximum atomic E-state index is 10.6. The van der Waals surface area contributed by atoms with Crippen LogP contribution in [0.5, 0.6) is 5.88 Å². The Kier molecular flexibility index (Phi) is 3.29. The molecule has 2 rings (SSSR count). The third-order valence-electron chi connectivity index (χ3n) is 2.52. The minimum atomic E-state index is -1.04. The summed E-state index contributed by atoms with van der Waals surface area (Å²) >= 11 is 5.85. The van der Waals surface area contributed by atoms with Crippen molar-refractivity contribution in [1.82, 2.24) is 4.98 Å². The van der Waals surface area contributed by atoms with E-state index in [1.165, 1.54) is 25.1 Å². The van der Waals surface area contributed by atoms with Gasteiger partial charge < -0.3 is 9.84 Å². The highest BCUT2D eigenvalue weighted by atomic mass is 35.5. The van der Waals surface area contributed by atoms with Crippen molar-refractivity contribution < 1.29 is 14.6 Å². The van der Waals surface area contributed by atoms with E-state index in [4.69, 9.17) is 21.4 Å². The Morgan fingerprint density at radius 3 is 2.94 bits per heavy atom. The molecule has 1 aromatic rings. The molecule has 0 bridgehead atoms. The number of aromatic nitrogens is 1. The van der Waals surface area contributed by atoms with E-state index in [2.05, 4.69) is 4.98 Å². The highest BCUT2D eigenvalue weighted by molar-refractivity contribution is 6.32. The van der Waals surface area contributed by atoms with Crippen molar-refractivity contribution in [3.8, 4) is 5.88 Å². The number of hydrogen-bond donors (Lipinski definition) is 1. The molecule has 5 heteroatoms. The summed E-state index contributed by atoms with van der Waals surface area (Å²) in [6.45, 7) is 0.587. The highest BCUT2D eigenvalue weighted by Gasteiger charge is 2.21. The zero-order valence-corrected chi connectivity index (χ0v) is 9.41. The number of nitrogens with zero attached hydrogens (tertiary/aromatic N) is 1. The van der Waals surface area contributed by atoms with Crippen molar-refractivity contribution in [1.29, 1.82) is 0 Å². The topological polar surface area (TPSA) is 59.4 Å². The lowest BCUT2D eigenvalue weighted by molar-refractivity contribution is 0.0696. The van der Waals surface area contributed by atoms with Gasteiger partial charge in [-0.15, -0.1) is 0 Å². The predicted molar refractivity (Wildman–Crippen MR) is 59.0 cm³/mol. The van der Waals surface area contributed by atoms with Crippen LogP contribution in [0.15, 0.2) is 12.3 Å². The molecular formula is C11H12ClNO3. The van der Waals surface area contributed by atoms with Gasteiger partial charge in [0.2, 0.25) is 5.88 Å². The van der Waals surface area contributed by atoms with Gasteiger partial charge in [0.05, 0.1) is 12.2 Å². The molecule has 1 fully saturated rings. The molecule has 1 aliphatic carbocycles. The van der Waals surface area contributed by atoms with E-state index in [0.717, 1.165) is 12.3 Å². The summed E-state index contributed by atoms with van der Waals surface area (Å²) in [7, 11) is 0. The number of carboxylic acid groups (broad SMARTS) is 1. The SMILES string of the molecule is O=C(O)c1cnc(OCCC2CC2)c(Cl)c1. The number of carbonyl (C=O) groups is 1. The molecule has 0 amide bonds. The Morgan fingerprint density at radius 1 is 1.62 bits per heavy atom. The van der Waals surface area contributed by atoms with Crippen LogP contribution in [0.4, 0.5) is 0 Å². The van der Waals surface area contributed by atoms with Crippen molar-refractivity contribution in [3.05, 3.63) is 22.8 Å². The summed E-state index contributed by atoms with van der Waals surface area (Å²) < 4.78 is 5.39. The van der Waals surface area contributed by atoms with E-state index in [-0.39, 0.29) is 10.6 Å². The number of halogens is 1. The van der Waals surface area contributed by atoms with Gasteiger partial charge in [0.1, 0.15) is 5.02 Å². The van der Waals surface area contributed by atoms with Crippen LogP contribution in [-0.4, -0.2) is 22.7 Å². The first-order valence-electron chi connectivity index (χ1n) is 5.18. The summed E-state index contributed by atoms with van der Waals surface area (Å²) in [4.78, 5) is 14.5.